The first-order valence-electron chi connectivity index (χ1n) is 4.44. The third kappa shape index (κ3) is 1.82. The van der Waals surface area contributed by atoms with E-state index < -0.39 is 0 Å². The lowest BCUT2D eigenvalue weighted by Gasteiger charge is -2.02. The Bertz CT molecular complexity index is 415. The molecule has 0 N–H and O–H groups in total. The van der Waals surface area contributed by atoms with Gasteiger partial charge in [-0.15, -0.1) is 0 Å². The molecular weight excluding hydrogens is 171 g/mol. The number of hydrogen-bond acceptors (Lipinski definition) is 2. The average Bonchev–Trinajstić information content (AvgIpc) is 2.30. The zero-order chi connectivity index (χ0) is 9.80. The van der Waals surface area contributed by atoms with Crippen LogP contribution < -0.4 is 0 Å². The Morgan fingerprint density at radius 2 is 1.93 bits per heavy atom. The molecule has 0 aliphatic heterocycles. The number of nitrogens with zero attached hydrogens (tertiary/aromatic N) is 2. The van der Waals surface area contributed by atoms with Crippen LogP contribution in [0.15, 0.2) is 43.0 Å². The highest BCUT2D eigenvalue weighted by Crippen LogP contribution is 2.17. The van der Waals surface area contributed by atoms with E-state index in [1.807, 2.05) is 30.6 Å². The molecule has 0 fully saturated rings. The van der Waals surface area contributed by atoms with E-state index in [1.165, 1.54) is 0 Å². The lowest BCUT2D eigenvalue weighted by Crippen LogP contribution is -1.87. The molecule has 0 saturated heterocycles. The van der Waals surface area contributed by atoms with Gasteiger partial charge < -0.3 is 0 Å². The van der Waals surface area contributed by atoms with Gasteiger partial charge in [-0.25, -0.2) is 0 Å². The lowest BCUT2D eigenvalue weighted by molar-refractivity contribution is 1.24. The molecular formula is C11H9BN2. The van der Waals surface area contributed by atoms with E-state index >= 15 is 0 Å². The Morgan fingerprint density at radius 1 is 1.07 bits per heavy atom. The summed E-state index contributed by atoms with van der Waals surface area (Å²) in [6, 6.07) is 5.94. The van der Waals surface area contributed by atoms with E-state index in [0.717, 1.165) is 16.7 Å². The van der Waals surface area contributed by atoms with Gasteiger partial charge in [-0.1, -0.05) is 12.4 Å². The molecule has 2 heterocycles. The zero-order valence-corrected chi connectivity index (χ0v) is 7.72. The molecule has 2 nitrogen and oxygen atoms in total. The molecule has 0 atom stereocenters. The van der Waals surface area contributed by atoms with E-state index in [9.17, 15) is 0 Å². The second-order valence-electron chi connectivity index (χ2n) is 3.03. The van der Waals surface area contributed by atoms with Crippen LogP contribution in [0.4, 0.5) is 0 Å². The summed E-state index contributed by atoms with van der Waals surface area (Å²) in [5.74, 6) is 0. The first kappa shape index (κ1) is 8.94. The highest BCUT2D eigenvalue weighted by atomic mass is 14.6. The average molecular weight is 180 g/mol. The van der Waals surface area contributed by atoms with Crippen LogP contribution >= 0.6 is 0 Å². The third-order valence-electron chi connectivity index (χ3n) is 2.03. The molecule has 0 aliphatic carbocycles. The largest absolute Gasteiger partial charge is 0.264 e. The van der Waals surface area contributed by atoms with Crippen molar-refractivity contribution in [3.8, 4) is 11.1 Å². The minimum atomic E-state index is 0.515. The van der Waals surface area contributed by atoms with E-state index in [1.54, 1.807) is 12.4 Å². The van der Waals surface area contributed by atoms with Gasteiger partial charge in [0.2, 0.25) is 0 Å². The van der Waals surface area contributed by atoms with Gasteiger partial charge in [0, 0.05) is 35.9 Å². The monoisotopic (exact) mass is 180 g/mol. The summed E-state index contributed by atoms with van der Waals surface area (Å²) < 4.78 is 0. The van der Waals surface area contributed by atoms with Crippen molar-refractivity contribution in [2.75, 3.05) is 0 Å². The molecule has 0 unspecified atom stereocenters. The fourth-order valence-corrected chi connectivity index (χ4v) is 1.29. The molecule has 3 heteroatoms. The van der Waals surface area contributed by atoms with Crippen molar-refractivity contribution in [2.24, 2.45) is 0 Å². The summed E-state index contributed by atoms with van der Waals surface area (Å²) in [7, 11) is 5.54. The molecule has 66 valence electrons. The molecule has 0 bridgehead atoms. The summed E-state index contributed by atoms with van der Waals surface area (Å²) in [5, 5.41) is 0. The number of hydrogen-bond donors (Lipinski definition) is 0. The predicted octanol–water partition coefficient (Wildman–Crippen LogP) is 1.81. The molecule has 0 saturated carbocycles. The van der Waals surface area contributed by atoms with Gasteiger partial charge >= 0.3 is 0 Å². The first-order valence-corrected chi connectivity index (χ1v) is 4.44. The SMILES string of the molecule is [B]Cc1cncc(-c2cccnc2)c1. The maximum atomic E-state index is 5.54. The van der Waals surface area contributed by atoms with Gasteiger partial charge in [-0.05, 0) is 17.7 Å². The maximum Gasteiger partial charge on any atom is 0.0717 e. The molecule has 2 rings (SSSR count). The molecule has 0 spiro atoms. The van der Waals surface area contributed by atoms with Gasteiger partial charge in [0.1, 0.15) is 0 Å². The van der Waals surface area contributed by atoms with Crippen molar-refractivity contribution in [1.29, 1.82) is 0 Å². The lowest BCUT2D eigenvalue weighted by atomic mass is 9.96. The van der Waals surface area contributed by atoms with Crippen molar-refractivity contribution < 1.29 is 0 Å². The van der Waals surface area contributed by atoms with Crippen LogP contribution in [0.25, 0.3) is 11.1 Å². The topological polar surface area (TPSA) is 25.8 Å². The molecule has 2 aromatic heterocycles. The first-order chi connectivity index (χ1) is 6.90. The van der Waals surface area contributed by atoms with Crippen LogP contribution in [-0.2, 0) is 6.32 Å². The van der Waals surface area contributed by atoms with E-state index in [4.69, 9.17) is 7.85 Å². The molecule has 14 heavy (non-hydrogen) atoms. The summed E-state index contributed by atoms with van der Waals surface area (Å²) in [4.78, 5) is 8.18. The fraction of sp³-hybridized carbons (Fsp3) is 0.0909. The van der Waals surface area contributed by atoms with Crippen molar-refractivity contribution in [3.63, 3.8) is 0 Å². The van der Waals surface area contributed by atoms with Gasteiger partial charge in [0.15, 0.2) is 0 Å². The van der Waals surface area contributed by atoms with Crippen LogP contribution in [-0.4, -0.2) is 17.8 Å². The van der Waals surface area contributed by atoms with Crippen LogP contribution in [0.5, 0.6) is 0 Å². The van der Waals surface area contributed by atoms with Gasteiger partial charge in [0.05, 0.1) is 7.85 Å². The Morgan fingerprint density at radius 3 is 2.64 bits per heavy atom. The van der Waals surface area contributed by atoms with Gasteiger partial charge in [0.25, 0.3) is 0 Å². The number of rotatable bonds is 2. The van der Waals surface area contributed by atoms with Gasteiger partial charge in [-0.2, -0.15) is 0 Å². The van der Waals surface area contributed by atoms with Crippen LogP contribution in [0, 0.1) is 0 Å². The van der Waals surface area contributed by atoms with E-state index in [0.29, 0.717) is 6.32 Å². The van der Waals surface area contributed by atoms with Crippen molar-refractivity contribution >= 4 is 7.85 Å². The van der Waals surface area contributed by atoms with Crippen LogP contribution in [0.2, 0.25) is 0 Å². The highest BCUT2D eigenvalue weighted by molar-refractivity contribution is 6.08. The van der Waals surface area contributed by atoms with Gasteiger partial charge in [-0.3, -0.25) is 9.97 Å². The quantitative estimate of drug-likeness (QED) is 0.658. The predicted molar refractivity (Wildman–Crippen MR) is 56.9 cm³/mol. The normalized spacial score (nSPS) is 10.0. The van der Waals surface area contributed by atoms with Crippen molar-refractivity contribution in [1.82, 2.24) is 9.97 Å². The van der Waals surface area contributed by atoms with Crippen molar-refractivity contribution in [2.45, 2.75) is 6.32 Å². The zero-order valence-electron chi connectivity index (χ0n) is 7.72. The molecule has 0 amide bonds. The Labute approximate surface area is 84.4 Å². The summed E-state index contributed by atoms with van der Waals surface area (Å²) in [5.41, 5.74) is 3.16. The minimum Gasteiger partial charge on any atom is -0.264 e. The second kappa shape index (κ2) is 4.05. The summed E-state index contributed by atoms with van der Waals surface area (Å²) in [6.45, 7) is 0. The summed E-state index contributed by atoms with van der Waals surface area (Å²) >= 11 is 0. The molecule has 2 aromatic rings. The van der Waals surface area contributed by atoms with Crippen LogP contribution in [0.1, 0.15) is 5.56 Å². The second-order valence-corrected chi connectivity index (χ2v) is 3.03. The maximum absolute atomic E-state index is 5.54. The van der Waals surface area contributed by atoms with E-state index in [-0.39, 0.29) is 0 Å². The third-order valence-corrected chi connectivity index (χ3v) is 2.03. The molecule has 0 aromatic carbocycles. The fourth-order valence-electron chi connectivity index (χ4n) is 1.29. The van der Waals surface area contributed by atoms with E-state index in [2.05, 4.69) is 9.97 Å². The highest BCUT2D eigenvalue weighted by Gasteiger charge is 1.97. The smallest absolute Gasteiger partial charge is 0.0717 e. The minimum absolute atomic E-state index is 0.515. The Hall–Kier alpha value is -1.64. The summed E-state index contributed by atoms with van der Waals surface area (Å²) in [6.07, 6.45) is 7.68. The Kier molecular flexibility index (Phi) is 2.59. The number of pyridine rings is 2. The number of aromatic nitrogens is 2. The standard InChI is InChI=1S/C11H9BN2/c12-5-9-4-11(8-14-6-9)10-2-1-3-13-7-10/h1-4,6-8H,5H2. The Balaban J connectivity index is 2.42. The molecule has 2 radical (unpaired) electrons. The van der Waals surface area contributed by atoms with Crippen LogP contribution in [0.3, 0.4) is 0 Å². The van der Waals surface area contributed by atoms with Crippen molar-refractivity contribution in [3.05, 3.63) is 48.5 Å². The molecule has 0 aliphatic rings.